The lowest BCUT2D eigenvalue weighted by Gasteiger charge is -2.26. The molecule has 0 radical (unpaired) electrons. The molecule has 0 amide bonds. The maximum absolute atomic E-state index is 10.6. The van der Waals surface area contributed by atoms with E-state index >= 15 is 0 Å². The van der Waals surface area contributed by atoms with Gasteiger partial charge in [-0.3, -0.25) is 0 Å². The molecule has 0 spiro atoms. The Kier molecular flexibility index (Phi) is 3.38. The molecular weight excluding hydrogens is 210 g/mol. The monoisotopic (exact) mass is 223 g/mol. The first-order chi connectivity index (χ1) is 7.75. The van der Waals surface area contributed by atoms with Crippen LogP contribution in [0.15, 0.2) is 24.3 Å². The molecule has 0 aliphatic carbocycles. The van der Waals surface area contributed by atoms with E-state index in [2.05, 4.69) is 0 Å². The minimum Gasteiger partial charge on any atom is -0.478 e. The number of rotatable bonds is 3. The fourth-order valence-electron chi connectivity index (χ4n) is 1.45. The lowest BCUT2D eigenvalue weighted by molar-refractivity contribution is -0.118. The summed E-state index contributed by atoms with van der Waals surface area (Å²) in [7, 11) is 0. The number of nitrogens with zero attached hydrogens (tertiary/aromatic N) is 1. The number of benzene rings is 1. The van der Waals surface area contributed by atoms with Crippen molar-refractivity contribution in [1.29, 1.82) is 0 Å². The van der Waals surface area contributed by atoms with Crippen molar-refractivity contribution in [3.63, 3.8) is 0 Å². The number of hydroxylamine groups is 2. The molecule has 16 heavy (non-hydrogen) atoms. The molecule has 1 heterocycles. The van der Waals surface area contributed by atoms with Gasteiger partial charge in [0.15, 0.2) is 0 Å². The fraction of sp³-hybridized carbons (Fsp3) is 0.364. The lowest BCUT2D eigenvalue weighted by atomic mass is 10.2. The highest BCUT2D eigenvalue weighted by atomic mass is 16.7. The molecule has 5 nitrogen and oxygen atoms in total. The van der Waals surface area contributed by atoms with Crippen LogP contribution in [0.3, 0.4) is 0 Å². The Balaban J connectivity index is 1.96. The first-order valence-electron chi connectivity index (χ1n) is 5.10. The Morgan fingerprint density at radius 2 is 1.88 bits per heavy atom. The number of hydrogen-bond acceptors (Lipinski definition) is 4. The van der Waals surface area contributed by atoms with Crippen LogP contribution < -0.4 is 4.84 Å². The van der Waals surface area contributed by atoms with Crippen LogP contribution in [0.2, 0.25) is 0 Å². The standard InChI is InChI=1S/C11H13NO4/c13-11(14)9-1-3-10(4-2-9)16-12-5-7-15-8-6-12/h1-4H,5-8H2,(H,13,14). The van der Waals surface area contributed by atoms with E-state index in [0.717, 1.165) is 13.1 Å². The Bertz CT molecular complexity index is 357. The van der Waals surface area contributed by atoms with Crippen LogP contribution in [0.5, 0.6) is 5.75 Å². The average Bonchev–Trinajstić information content (AvgIpc) is 2.31. The van der Waals surface area contributed by atoms with Gasteiger partial charge in [0.1, 0.15) is 5.75 Å². The normalized spacial score (nSPS) is 17.0. The summed E-state index contributed by atoms with van der Waals surface area (Å²) in [5.74, 6) is -0.287. The summed E-state index contributed by atoms with van der Waals surface area (Å²) < 4.78 is 5.19. The molecule has 0 saturated carbocycles. The third-order valence-electron chi connectivity index (χ3n) is 2.31. The average molecular weight is 223 g/mol. The molecule has 1 N–H and O–H groups in total. The van der Waals surface area contributed by atoms with Crippen molar-refractivity contribution in [2.45, 2.75) is 0 Å². The van der Waals surface area contributed by atoms with Gasteiger partial charge in [-0.05, 0) is 24.3 Å². The Labute approximate surface area is 93.1 Å². The predicted octanol–water partition coefficient (Wildman–Crippen LogP) is 1.01. The first kappa shape index (κ1) is 10.9. The first-order valence-corrected chi connectivity index (χ1v) is 5.10. The van der Waals surface area contributed by atoms with Gasteiger partial charge in [-0.25, -0.2) is 4.79 Å². The minimum atomic E-state index is -0.932. The molecule has 1 aliphatic rings. The van der Waals surface area contributed by atoms with Crippen molar-refractivity contribution in [2.75, 3.05) is 26.3 Å². The molecule has 1 aromatic rings. The van der Waals surface area contributed by atoms with Gasteiger partial charge in [0, 0.05) is 0 Å². The molecule has 1 aromatic carbocycles. The molecule has 1 aliphatic heterocycles. The summed E-state index contributed by atoms with van der Waals surface area (Å²) in [4.78, 5) is 16.2. The minimum absolute atomic E-state index is 0.259. The smallest absolute Gasteiger partial charge is 0.335 e. The molecule has 5 heteroatoms. The van der Waals surface area contributed by atoms with Crippen LogP contribution in [0.1, 0.15) is 10.4 Å². The van der Waals surface area contributed by atoms with Crippen molar-refractivity contribution >= 4 is 5.97 Å². The highest BCUT2D eigenvalue weighted by Crippen LogP contribution is 2.14. The van der Waals surface area contributed by atoms with E-state index < -0.39 is 5.97 Å². The maximum Gasteiger partial charge on any atom is 0.335 e. The quantitative estimate of drug-likeness (QED) is 0.828. The zero-order chi connectivity index (χ0) is 11.4. The number of hydrogen-bond donors (Lipinski definition) is 1. The highest BCUT2D eigenvalue weighted by molar-refractivity contribution is 5.87. The second kappa shape index (κ2) is 4.96. The summed E-state index contributed by atoms with van der Waals surface area (Å²) >= 11 is 0. The summed E-state index contributed by atoms with van der Waals surface area (Å²) in [5, 5.41) is 10.5. The Hall–Kier alpha value is -1.59. The van der Waals surface area contributed by atoms with Gasteiger partial charge in [0.05, 0.1) is 31.9 Å². The van der Waals surface area contributed by atoms with Crippen molar-refractivity contribution in [3.8, 4) is 5.75 Å². The third-order valence-corrected chi connectivity index (χ3v) is 2.31. The van der Waals surface area contributed by atoms with Gasteiger partial charge in [0.2, 0.25) is 0 Å². The van der Waals surface area contributed by atoms with E-state index in [-0.39, 0.29) is 5.56 Å². The summed E-state index contributed by atoms with van der Waals surface area (Å²) in [6, 6.07) is 6.36. The summed E-state index contributed by atoms with van der Waals surface area (Å²) in [5.41, 5.74) is 0.259. The number of carbonyl (C=O) groups is 1. The van der Waals surface area contributed by atoms with E-state index in [1.807, 2.05) is 0 Å². The highest BCUT2D eigenvalue weighted by Gasteiger charge is 2.12. The van der Waals surface area contributed by atoms with Crippen LogP contribution in [-0.4, -0.2) is 42.4 Å². The second-order valence-corrected chi connectivity index (χ2v) is 3.46. The van der Waals surface area contributed by atoms with Crippen molar-refractivity contribution in [2.24, 2.45) is 0 Å². The number of aromatic carboxylic acids is 1. The van der Waals surface area contributed by atoms with Gasteiger partial charge >= 0.3 is 5.97 Å². The summed E-state index contributed by atoms with van der Waals surface area (Å²) in [6.07, 6.45) is 0. The Morgan fingerprint density at radius 3 is 2.44 bits per heavy atom. The molecular formula is C11H13NO4. The van der Waals surface area contributed by atoms with E-state index in [9.17, 15) is 4.79 Å². The molecule has 2 rings (SSSR count). The van der Waals surface area contributed by atoms with Crippen LogP contribution in [0.25, 0.3) is 0 Å². The maximum atomic E-state index is 10.6. The van der Waals surface area contributed by atoms with Crippen LogP contribution in [0, 0.1) is 0 Å². The van der Waals surface area contributed by atoms with Gasteiger partial charge < -0.3 is 14.7 Å². The van der Waals surface area contributed by atoms with Gasteiger partial charge in [0.25, 0.3) is 0 Å². The van der Waals surface area contributed by atoms with E-state index in [0.29, 0.717) is 19.0 Å². The number of carboxylic acid groups (broad SMARTS) is 1. The molecule has 0 atom stereocenters. The van der Waals surface area contributed by atoms with E-state index in [1.54, 1.807) is 17.2 Å². The molecule has 0 aromatic heterocycles. The van der Waals surface area contributed by atoms with Gasteiger partial charge in [-0.2, -0.15) is 0 Å². The SMILES string of the molecule is O=C(O)c1ccc(ON2CCOCC2)cc1. The van der Waals surface area contributed by atoms with E-state index in [4.69, 9.17) is 14.7 Å². The largest absolute Gasteiger partial charge is 0.478 e. The number of morpholine rings is 1. The lowest BCUT2D eigenvalue weighted by Crippen LogP contribution is -2.38. The third kappa shape index (κ3) is 2.71. The molecule has 1 fully saturated rings. The zero-order valence-corrected chi connectivity index (χ0v) is 8.76. The van der Waals surface area contributed by atoms with Crippen molar-refractivity contribution in [3.05, 3.63) is 29.8 Å². The fourth-order valence-corrected chi connectivity index (χ4v) is 1.45. The van der Waals surface area contributed by atoms with Crippen LogP contribution >= 0.6 is 0 Å². The van der Waals surface area contributed by atoms with Crippen molar-refractivity contribution < 1.29 is 19.5 Å². The Morgan fingerprint density at radius 1 is 1.25 bits per heavy atom. The van der Waals surface area contributed by atoms with Gasteiger partial charge in [-0.1, -0.05) is 0 Å². The number of ether oxygens (including phenoxy) is 1. The predicted molar refractivity (Wildman–Crippen MR) is 56.4 cm³/mol. The van der Waals surface area contributed by atoms with Gasteiger partial charge in [-0.15, -0.1) is 5.06 Å². The topological polar surface area (TPSA) is 59.0 Å². The van der Waals surface area contributed by atoms with Crippen molar-refractivity contribution in [1.82, 2.24) is 5.06 Å². The molecule has 1 saturated heterocycles. The molecule has 0 unspecified atom stereocenters. The second-order valence-electron chi connectivity index (χ2n) is 3.46. The molecule has 86 valence electrons. The van der Waals surface area contributed by atoms with Crippen LogP contribution in [0.4, 0.5) is 0 Å². The summed E-state index contributed by atoms with van der Waals surface area (Å²) in [6.45, 7) is 2.77. The van der Waals surface area contributed by atoms with Crippen LogP contribution in [-0.2, 0) is 4.74 Å². The molecule has 0 bridgehead atoms. The number of carboxylic acids is 1. The zero-order valence-electron chi connectivity index (χ0n) is 8.76. The van der Waals surface area contributed by atoms with E-state index in [1.165, 1.54) is 12.1 Å².